The van der Waals surface area contributed by atoms with Gasteiger partial charge in [0.15, 0.2) is 0 Å². The molecule has 2 fully saturated rings. The van der Waals surface area contributed by atoms with Crippen molar-refractivity contribution in [2.75, 3.05) is 31.1 Å². The largest absolute Gasteiger partial charge is 0.444 e. The van der Waals surface area contributed by atoms with Crippen molar-refractivity contribution < 1.29 is 9.53 Å². The van der Waals surface area contributed by atoms with Gasteiger partial charge in [0.05, 0.1) is 0 Å². The first-order valence-corrected chi connectivity index (χ1v) is 12.7. The number of nitrogens with zero attached hydrogens (tertiary/aromatic N) is 4. The number of halogens is 1. The molecule has 2 atom stereocenters. The third-order valence-corrected chi connectivity index (χ3v) is 7.05. The number of piperidine rings is 1. The van der Waals surface area contributed by atoms with Crippen LogP contribution in [0.25, 0.3) is 0 Å². The van der Waals surface area contributed by atoms with Crippen LogP contribution >= 0.6 is 11.6 Å². The molecule has 184 valence electrons. The number of hydrogen-bond acceptors (Lipinski definition) is 5. The average Bonchev–Trinajstić information content (AvgIpc) is 2.81. The lowest BCUT2D eigenvalue weighted by Crippen LogP contribution is -2.63. The number of carbonyl (C=O) groups is 1. The normalized spacial score (nSPS) is 22.6. The zero-order valence-electron chi connectivity index (χ0n) is 20.8. The Bertz CT molecular complexity index is 939. The molecule has 1 amide bonds. The highest BCUT2D eigenvalue weighted by atomic mass is 35.5. The van der Waals surface area contributed by atoms with Crippen molar-refractivity contribution >= 4 is 23.5 Å². The minimum atomic E-state index is -0.502. The van der Waals surface area contributed by atoms with E-state index in [1.54, 1.807) is 0 Å². The SMILES string of the molecule is C[C@H]1CN(C2CCN(c3ccccn3)CC2)[C@@H](Cc2ccc(Cl)cc2)CN1C(=O)OC(C)(C)C. The lowest BCUT2D eigenvalue weighted by molar-refractivity contribution is -0.0259. The van der Waals surface area contributed by atoms with Crippen LogP contribution in [0, 0.1) is 0 Å². The van der Waals surface area contributed by atoms with Crippen molar-refractivity contribution in [3.05, 3.63) is 59.2 Å². The monoisotopic (exact) mass is 484 g/mol. The predicted molar refractivity (Wildman–Crippen MR) is 138 cm³/mol. The average molecular weight is 485 g/mol. The number of benzene rings is 1. The summed E-state index contributed by atoms with van der Waals surface area (Å²) in [6, 6.07) is 15.0. The fraction of sp³-hybridized carbons (Fsp3) is 0.556. The Morgan fingerprint density at radius 2 is 1.79 bits per heavy atom. The van der Waals surface area contributed by atoms with Crippen LogP contribution in [-0.2, 0) is 11.2 Å². The van der Waals surface area contributed by atoms with Crippen molar-refractivity contribution in [1.82, 2.24) is 14.8 Å². The maximum absolute atomic E-state index is 13.0. The van der Waals surface area contributed by atoms with Gasteiger partial charge in [-0.15, -0.1) is 0 Å². The fourth-order valence-electron chi connectivity index (χ4n) is 5.13. The molecule has 4 rings (SSSR count). The van der Waals surface area contributed by atoms with Crippen molar-refractivity contribution in [1.29, 1.82) is 0 Å². The van der Waals surface area contributed by atoms with E-state index in [4.69, 9.17) is 16.3 Å². The molecule has 34 heavy (non-hydrogen) atoms. The minimum absolute atomic E-state index is 0.102. The Morgan fingerprint density at radius 3 is 2.41 bits per heavy atom. The zero-order chi connectivity index (χ0) is 24.3. The van der Waals surface area contributed by atoms with Gasteiger partial charge in [0.2, 0.25) is 0 Å². The van der Waals surface area contributed by atoms with E-state index in [1.807, 2.05) is 56.1 Å². The molecule has 2 aliphatic heterocycles. The van der Waals surface area contributed by atoms with Crippen LogP contribution < -0.4 is 4.90 Å². The van der Waals surface area contributed by atoms with Gasteiger partial charge in [-0.2, -0.15) is 0 Å². The molecule has 0 aliphatic carbocycles. The Hall–Kier alpha value is -2.31. The Kier molecular flexibility index (Phi) is 7.68. The summed E-state index contributed by atoms with van der Waals surface area (Å²) < 4.78 is 5.74. The maximum atomic E-state index is 13.0. The predicted octanol–water partition coefficient (Wildman–Crippen LogP) is 5.26. The Morgan fingerprint density at radius 1 is 1.09 bits per heavy atom. The molecule has 3 heterocycles. The molecule has 0 saturated carbocycles. The quantitative estimate of drug-likeness (QED) is 0.592. The first-order valence-electron chi connectivity index (χ1n) is 12.4. The summed E-state index contributed by atoms with van der Waals surface area (Å²) >= 11 is 6.12. The number of amides is 1. The highest BCUT2D eigenvalue weighted by Crippen LogP contribution is 2.29. The summed E-state index contributed by atoms with van der Waals surface area (Å²) in [5.41, 5.74) is 0.738. The molecule has 2 aliphatic rings. The smallest absolute Gasteiger partial charge is 0.410 e. The first-order chi connectivity index (χ1) is 16.2. The summed E-state index contributed by atoms with van der Waals surface area (Å²) in [5.74, 6) is 1.06. The number of piperazine rings is 1. The van der Waals surface area contributed by atoms with E-state index >= 15 is 0 Å². The number of ether oxygens (including phenoxy) is 1. The Balaban J connectivity index is 1.49. The summed E-state index contributed by atoms with van der Waals surface area (Å²) in [6.45, 7) is 11.4. The van der Waals surface area contributed by atoms with E-state index in [2.05, 4.69) is 39.9 Å². The molecule has 0 N–H and O–H groups in total. The molecule has 2 saturated heterocycles. The van der Waals surface area contributed by atoms with Crippen LogP contribution in [0.1, 0.15) is 46.1 Å². The standard InChI is InChI=1S/C27H37ClN4O2/c1-20-18-32(23-12-15-30(16-13-23)25-7-5-6-14-29-25)24(17-21-8-10-22(28)11-9-21)19-31(20)26(33)34-27(2,3)4/h5-11,14,20,23-24H,12-13,15-19H2,1-4H3/t20-,24-/m0/s1. The van der Waals surface area contributed by atoms with Gasteiger partial charge in [0.1, 0.15) is 11.4 Å². The summed E-state index contributed by atoms with van der Waals surface area (Å²) in [6.07, 6.45) is 4.70. The van der Waals surface area contributed by atoms with Crippen LogP contribution in [0.15, 0.2) is 48.7 Å². The van der Waals surface area contributed by atoms with Crippen molar-refractivity contribution in [3.63, 3.8) is 0 Å². The molecule has 1 aromatic carbocycles. The van der Waals surface area contributed by atoms with E-state index in [0.717, 1.165) is 49.7 Å². The van der Waals surface area contributed by atoms with Gasteiger partial charge < -0.3 is 14.5 Å². The number of hydrogen-bond donors (Lipinski definition) is 0. The van der Waals surface area contributed by atoms with Crippen LogP contribution in [0.4, 0.5) is 10.6 Å². The molecular weight excluding hydrogens is 448 g/mol. The molecule has 0 radical (unpaired) electrons. The zero-order valence-corrected chi connectivity index (χ0v) is 21.5. The van der Waals surface area contributed by atoms with Gasteiger partial charge >= 0.3 is 6.09 Å². The van der Waals surface area contributed by atoms with Crippen LogP contribution in [-0.4, -0.2) is 70.8 Å². The van der Waals surface area contributed by atoms with Crippen molar-refractivity contribution in [2.45, 2.75) is 70.7 Å². The number of pyridine rings is 1. The summed E-state index contributed by atoms with van der Waals surface area (Å²) in [4.78, 5) is 24.5. The van der Waals surface area contributed by atoms with E-state index in [1.165, 1.54) is 5.56 Å². The molecule has 0 unspecified atom stereocenters. The molecule has 2 aromatic rings. The maximum Gasteiger partial charge on any atom is 0.410 e. The van der Waals surface area contributed by atoms with E-state index < -0.39 is 5.60 Å². The molecule has 7 heteroatoms. The van der Waals surface area contributed by atoms with Crippen molar-refractivity contribution in [3.8, 4) is 0 Å². The molecule has 0 bridgehead atoms. The van der Waals surface area contributed by atoms with Gasteiger partial charge in [-0.1, -0.05) is 29.8 Å². The molecular formula is C27H37ClN4O2. The van der Waals surface area contributed by atoms with Gasteiger partial charge in [-0.3, -0.25) is 4.90 Å². The van der Waals surface area contributed by atoms with Crippen LogP contribution in [0.5, 0.6) is 0 Å². The summed E-state index contributed by atoms with van der Waals surface area (Å²) in [5, 5.41) is 0.746. The second-order valence-corrected chi connectivity index (χ2v) is 11.0. The van der Waals surface area contributed by atoms with Gasteiger partial charge in [-0.25, -0.2) is 9.78 Å². The second-order valence-electron chi connectivity index (χ2n) is 10.6. The van der Waals surface area contributed by atoms with Gasteiger partial charge in [0.25, 0.3) is 0 Å². The highest BCUT2D eigenvalue weighted by molar-refractivity contribution is 6.30. The number of anilines is 1. The molecule has 1 aromatic heterocycles. The van der Waals surface area contributed by atoms with Gasteiger partial charge in [-0.05, 0) is 76.8 Å². The first kappa shape index (κ1) is 24.8. The molecule has 0 spiro atoms. The molecule has 6 nitrogen and oxygen atoms in total. The third kappa shape index (κ3) is 6.22. The van der Waals surface area contributed by atoms with E-state index in [9.17, 15) is 4.79 Å². The topological polar surface area (TPSA) is 48.9 Å². The van der Waals surface area contributed by atoms with Crippen LogP contribution in [0.2, 0.25) is 5.02 Å². The lowest BCUT2D eigenvalue weighted by Gasteiger charge is -2.50. The summed E-state index contributed by atoms with van der Waals surface area (Å²) in [7, 11) is 0. The third-order valence-electron chi connectivity index (χ3n) is 6.80. The minimum Gasteiger partial charge on any atom is -0.444 e. The highest BCUT2D eigenvalue weighted by Gasteiger charge is 2.40. The van der Waals surface area contributed by atoms with E-state index in [-0.39, 0.29) is 18.2 Å². The number of aromatic nitrogens is 1. The van der Waals surface area contributed by atoms with E-state index in [0.29, 0.717) is 12.6 Å². The Labute approximate surface area is 208 Å². The second kappa shape index (κ2) is 10.5. The number of carbonyl (C=O) groups excluding carboxylic acids is 1. The van der Waals surface area contributed by atoms with Crippen LogP contribution in [0.3, 0.4) is 0 Å². The lowest BCUT2D eigenvalue weighted by atomic mass is 9.94. The van der Waals surface area contributed by atoms with Crippen molar-refractivity contribution in [2.24, 2.45) is 0 Å². The fourth-order valence-corrected chi connectivity index (χ4v) is 5.25. The number of rotatable bonds is 4. The van der Waals surface area contributed by atoms with Gasteiger partial charge in [0, 0.05) is 55.5 Å².